The van der Waals surface area contributed by atoms with Gasteiger partial charge in [-0.2, -0.15) is 5.10 Å². The highest BCUT2D eigenvalue weighted by Crippen LogP contribution is 2.27. The van der Waals surface area contributed by atoms with E-state index in [0.717, 1.165) is 10.2 Å². The van der Waals surface area contributed by atoms with E-state index in [9.17, 15) is 4.39 Å². The van der Waals surface area contributed by atoms with Gasteiger partial charge >= 0.3 is 0 Å². The molecule has 0 aliphatic rings. The van der Waals surface area contributed by atoms with Gasteiger partial charge in [-0.05, 0) is 49.2 Å². The molecule has 1 aromatic carbocycles. The molecule has 0 fully saturated rings. The van der Waals surface area contributed by atoms with E-state index < -0.39 is 11.7 Å². The molecule has 34 heavy (non-hydrogen) atoms. The number of allylic oxidation sites excluding steroid dienone is 1. The number of aromatic nitrogens is 2. The van der Waals surface area contributed by atoms with Gasteiger partial charge in [0, 0.05) is 18.7 Å². The van der Waals surface area contributed by atoms with E-state index in [2.05, 4.69) is 15.6 Å². The molecular formula is C25H39FN6O2. The van der Waals surface area contributed by atoms with E-state index in [1.165, 1.54) is 12.1 Å². The van der Waals surface area contributed by atoms with Gasteiger partial charge in [-0.25, -0.2) is 9.07 Å². The van der Waals surface area contributed by atoms with Crippen molar-refractivity contribution in [3.05, 3.63) is 58.5 Å². The van der Waals surface area contributed by atoms with Crippen LogP contribution in [-0.2, 0) is 4.84 Å². The monoisotopic (exact) mass is 474 g/mol. The Bertz CT molecular complexity index is 1030. The number of hydrogen-bond acceptors (Lipinski definition) is 7. The van der Waals surface area contributed by atoms with Gasteiger partial charge in [0.2, 0.25) is 0 Å². The fourth-order valence-corrected chi connectivity index (χ4v) is 2.83. The minimum absolute atomic E-state index is 0.0133. The van der Waals surface area contributed by atoms with Crippen LogP contribution in [0.2, 0.25) is 0 Å². The zero-order valence-corrected chi connectivity index (χ0v) is 21.5. The molecule has 1 unspecified atom stereocenters. The molecule has 0 amide bonds. The summed E-state index contributed by atoms with van der Waals surface area (Å²) in [4.78, 5) is 4.95. The Hall–Kier alpha value is -3.33. The van der Waals surface area contributed by atoms with Crippen LogP contribution in [0.1, 0.15) is 71.2 Å². The molecule has 1 heterocycles. The number of nitrogens with one attached hydrogen (secondary N) is 3. The Morgan fingerprint density at radius 1 is 1.29 bits per heavy atom. The predicted molar refractivity (Wildman–Crippen MR) is 138 cm³/mol. The number of benzene rings is 1. The molecule has 1 aromatic heterocycles. The largest absolute Gasteiger partial charge is 0.393 e. The van der Waals surface area contributed by atoms with Crippen LogP contribution in [-0.4, -0.2) is 46.7 Å². The van der Waals surface area contributed by atoms with E-state index in [4.69, 9.17) is 20.8 Å². The van der Waals surface area contributed by atoms with Crippen molar-refractivity contribution in [2.75, 3.05) is 25.6 Å². The van der Waals surface area contributed by atoms with E-state index in [1.807, 2.05) is 46.8 Å². The van der Waals surface area contributed by atoms with Crippen molar-refractivity contribution in [1.29, 1.82) is 10.8 Å². The summed E-state index contributed by atoms with van der Waals surface area (Å²) in [5, 5.41) is 36.6. The van der Waals surface area contributed by atoms with Gasteiger partial charge in [-0.15, -0.1) is 0 Å². The zero-order valence-electron chi connectivity index (χ0n) is 21.5. The predicted octanol–water partition coefficient (Wildman–Crippen LogP) is 4.99. The SMILES string of the molecule is C/C=C\c1cc(C(C)C(=N)n2nc(/C(C)=N/OCCO)ccc2=N)c(F)cc1NC.CC.CC. The fraction of sp³-hybridized carbons (Fsp3) is 0.440. The Morgan fingerprint density at radius 3 is 2.50 bits per heavy atom. The molecule has 4 N–H and O–H groups in total. The first-order valence-electron chi connectivity index (χ1n) is 11.5. The average molecular weight is 475 g/mol. The summed E-state index contributed by atoms with van der Waals surface area (Å²) >= 11 is 0. The second-order valence-corrected chi connectivity index (χ2v) is 6.57. The summed E-state index contributed by atoms with van der Waals surface area (Å²) in [5.74, 6) is -1.14. The van der Waals surface area contributed by atoms with Crippen molar-refractivity contribution in [2.24, 2.45) is 5.16 Å². The van der Waals surface area contributed by atoms with Crippen LogP contribution in [0.15, 0.2) is 35.5 Å². The molecule has 0 saturated carbocycles. The van der Waals surface area contributed by atoms with Crippen LogP contribution in [0.4, 0.5) is 10.1 Å². The maximum absolute atomic E-state index is 14.8. The number of rotatable bonds is 8. The highest BCUT2D eigenvalue weighted by atomic mass is 19.1. The number of aliphatic hydroxyl groups is 1. The molecule has 8 nitrogen and oxygen atoms in total. The third kappa shape index (κ3) is 8.22. The summed E-state index contributed by atoms with van der Waals surface area (Å²) in [6.07, 6.45) is 3.72. The zero-order chi connectivity index (χ0) is 26.3. The van der Waals surface area contributed by atoms with Gasteiger partial charge < -0.3 is 15.3 Å². The van der Waals surface area contributed by atoms with Crippen LogP contribution in [0.5, 0.6) is 0 Å². The summed E-state index contributed by atoms with van der Waals surface area (Å²) in [5.41, 5.74) is 2.61. The Morgan fingerprint density at radius 2 is 1.94 bits per heavy atom. The lowest BCUT2D eigenvalue weighted by atomic mass is 9.96. The van der Waals surface area contributed by atoms with Crippen molar-refractivity contribution in [2.45, 2.75) is 54.4 Å². The average Bonchev–Trinajstić information content (AvgIpc) is 2.86. The molecular weight excluding hydrogens is 435 g/mol. The smallest absolute Gasteiger partial charge is 0.148 e. The van der Waals surface area contributed by atoms with Gasteiger partial charge in [-0.3, -0.25) is 10.8 Å². The second kappa shape index (κ2) is 16.3. The highest BCUT2D eigenvalue weighted by Gasteiger charge is 2.20. The van der Waals surface area contributed by atoms with E-state index in [-0.39, 0.29) is 24.5 Å². The Labute approximate surface area is 202 Å². The van der Waals surface area contributed by atoms with Crippen molar-refractivity contribution in [3.63, 3.8) is 0 Å². The van der Waals surface area contributed by atoms with E-state index >= 15 is 0 Å². The summed E-state index contributed by atoms with van der Waals surface area (Å²) in [6.45, 7) is 13.1. The van der Waals surface area contributed by atoms with Gasteiger partial charge in [-0.1, -0.05) is 51.9 Å². The molecule has 0 saturated heterocycles. The number of aliphatic hydroxyl groups excluding tert-OH is 1. The maximum Gasteiger partial charge on any atom is 0.148 e. The normalized spacial score (nSPS) is 11.6. The van der Waals surface area contributed by atoms with Gasteiger partial charge in [0.25, 0.3) is 0 Å². The van der Waals surface area contributed by atoms with E-state index in [1.54, 1.807) is 33.0 Å². The molecule has 9 heteroatoms. The van der Waals surface area contributed by atoms with Crippen LogP contribution >= 0.6 is 0 Å². The third-order valence-electron chi connectivity index (χ3n) is 4.48. The van der Waals surface area contributed by atoms with Crippen LogP contribution in [0.25, 0.3) is 6.08 Å². The lowest BCUT2D eigenvalue weighted by molar-refractivity contribution is 0.0986. The number of anilines is 1. The van der Waals surface area contributed by atoms with Crippen molar-refractivity contribution in [1.82, 2.24) is 9.78 Å². The molecule has 0 aliphatic carbocycles. The molecule has 0 bridgehead atoms. The molecule has 2 rings (SSSR count). The molecule has 0 spiro atoms. The van der Waals surface area contributed by atoms with Gasteiger partial charge in [0.1, 0.15) is 35.2 Å². The first kappa shape index (κ1) is 30.7. The third-order valence-corrected chi connectivity index (χ3v) is 4.48. The molecule has 0 radical (unpaired) electrons. The molecule has 188 valence electrons. The highest BCUT2D eigenvalue weighted by molar-refractivity contribution is 5.97. The number of hydrogen-bond donors (Lipinski definition) is 4. The Kier molecular flexibility index (Phi) is 14.7. The molecule has 2 aromatic rings. The number of nitrogens with zero attached hydrogens (tertiary/aromatic N) is 3. The van der Waals surface area contributed by atoms with Crippen molar-refractivity contribution >= 4 is 23.3 Å². The lowest BCUT2D eigenvalue weighted by Gasteiger charge is -2.18. The van der Waals surface area contributed by atoms with Gasteiger partial charge in [0.15, 0.2) is 0 Å². The molecule has 1 atom stereocenters. The quantitative estimate of drug-likeness (QED) is 0.186. The summed E-state index contributed by atoms with van der Waals surface area (Å²) in [7, 11) is 1.72. The van der Waals surface area contributed by atoms with E-state index in [0.29, 0.717) is 22.7 Å². The maximum atomic E-state index is 14.8. The van der Waals surface area contributed by atoms with Gasteiger partial charge in [0.05, 0.1) is 6.61 Å². The summed E-state index contributed by atoms with van der Waals surface area (Å²) in [6, 6.07) is 6.18. The lowest BCUT2D eigenvalue weighted by Crippen LogP contribution is -2.33. The Balaban J connectivity index is 0.00000258. The van der Waals surface area contributed by atoms with Crippen LogP contribution in [0, 0.1) is 16.6 Å². The topological polar surface area (TPSA) is 119 Å². The minimum Gasteiger partial charge on any atom is -0.393 e. The first-order valence-corrected chi connectivity index (χ1v) is 11.5. The van der Waals surface area contributed by atoms with Crippen molar-refractivity contribution < 1.29 is 14.3 Å². The molecule has 0 aliphatic heterocycles. The fourth-order valence-electron chi connectivity index (χ4n) is 2.83. The van der Waals surface area contributed by atoms with Crippen LogP contribution in [0.3, 0.4) is 0 Å². The second-order valence-electron chi connectivity index (χ2n) is 6.57. The van der Waals surface area contributed by atoms with Crippen LogP contribution < -0.4 is 10.8 Å². The summed E-state index contributed by atoms with van der Waals surface area (Å²) < 4.78 is 15.9. The first-order chi connectivity index (χ1) is 16.3. The standard InChI is InChI=1S/C21H27FN6O2.2C2H6/c1-5-6-15-11-16(17(22)12-19(15)25-4)13(2)21(24)28-20(23)8-7-18(26-28)14(3)27-30-10-9-29;2*1-2/h5-8,11-13,23-25,29H,9-10H2,1-4H3;2*1-2H3/b6-5-,23-20?,24-21?,27-14+;;. The number of halogens is 1. The van der Waals surface area contributed by atoms with Crippen molar-refractivity contribution in [3.8, 4) is 0 Å². The minimum atomic E-state index is -0.653. The number of oxime groups is 1.